The molecule has 33 heavy (non-hydrogen) atoms. The van der Waals surface area contributed by atoms with Gasteiger partial charge in [-0.05, 0) is 41.5 Å². The highest BCUT2D eigenvalue weighted by Crippen LogP contribution is 2.40. The van der Waals surface area contributed by atoms with Crippen molar-refractivity contribution >= 4 is 27.8 Å². The molecule has 0 spiro atoms. The van der Waals surface area contributed by atoms with E-state index in [0.29, 0.717) is 23.4 Å². The summed E-state index contributed by atoms with van der Waals surface area (Å²) in [4.78, 5) is 17.7. The highest BCUT2D eigenvalue weighted by molar-refractivity contribution is 9.10. The summed E-state index contributed by atoms with van der Waals surface area (Å²) < 4.78 is 6.98. The van der Waals surface area contributed by atoms with Crippen molar-refractivity contribution in [2.24, 2.45) is 0 Å². The van der Waals surface area contributed by atoms with E-state index in [4.69, 9.17) is 4.74 Å². The van der Waals surface area contributed by atoms with Gasteiger partial charge in [0.2, 0.25) is 5.78 Å². The number of ketones is 1. The normalized spacial score (nSPS) is 17.8. The number of carbonyl (C=O) groups is 1. The van der Waals surface area contributed by atoms with E-state index in [-0.39, 0.29) is 17.3 Å². The maximum absolute atomic E-state index is 12.9. The number of hydrogen-bond acceptors (Lipinski definition) is 5. The molecule has 1 fully saturated rings. The van der Waals surface area contributed by atoms with Gasteiger partial charge >= 0.3 is 0 Å². The Morgan fingerprint density at radius 2 is 1.55 bits per heavy atom. The number of fused-ring (bicyclic) bond motifs is 1. The predicted molar refractivity (Wildman–Crippen MR) is 132 cm³/mol. The Kier molecular flexibility index (Phi) is 6.31. The van der Waals surface area contributed by atoms with Gasteiger partial charge in [0, 0.05) is 43.7 Å². The van der Waals surface area contributed by atoms with Crippen LogP contribution < -0.4 is 4.74 Å². The van der Waals surface area contributed by atoms with Gasteiger partial charge in [-0.1, -0.05) is 58.4 Å². The number of ether oxygens (including phenoxy) is 1. The summed E-state index contributed by atoms with van der Waals surface area (Å²) in [6.07, 6.45) is 1.75. The minimum atomic E-state index is -0.151. The summed E-state index contributed by atoms with van der Waals surface area (Å²) in [7, 11) is 0. The van der Waals surface area contributed by atoms with Gasteiger partial charge in [-0.3, -0.25) is 14.6 Å². The van der Waals surface area contributed by atoms with Crippen molar-refractivity contribution in [2.75, 3.05) is 26.2 Å². The van der Waals surface area contributed by atoms with Crippen molar-refractivity contribution in [3.05, 3.63) is 99.2 Å². The maximum atomic E-state index is 12.9. The van der Waals surface area contributed by atoms with Crippen molar-refractivity contribution in [3.63, 3.8) is 0 Å². The second-order valence-corrected chi connectivity index (χ2v) is 9.38. The minimum absolute atomic E-state index is 0.151. The summed E-state index contributed by atoms with van der Waals surface area (Å²) in [5.41, 5.74) is 3.39. The fourth-order valence-corrected chi connectivity index (χ4v) is 4.60. The molecule has 0 unspecified atom stereocenters. The lowest BCUT2D eigenvalue weighted by atomic mass is 10.0. The summed E-state index contributed by atoms with van der Waals surface area (Å²) in [5, 5.41) is 10.6. The molecule has 5 nitrogen and oxygen atoms in total. The molecule has 0 amide bonds. The molecule has 168 valence electrons. The SMILES string of the molecule is O=C1/C(=C/c2ccc(Br)cc2)Oc2c1ccc(O)c2CN1CCN(Cc2ccccc2)CC1. The number of allylic oxidation sites excluding steroid dienone is 1. The first kappa shape index (κ1) is 21.9. The Labute approximate surface area is 202 Å². The number of aromatic hydroxyl groups is 1. The molecule has 2 aliphatic rings. The Morgan fingerprint density at radius 1 is 0.879 bits per heavy atom. The van der Waals surface area contributed by atoms with Crippen molar-refractivity contribution in [1.29, 1.82) is 0 Å². The standard InChI is InChI=1S/C27H25BrN2O3/c28-21-8-6-19(7-9-21)16-25-26(32)22-10-11-24(31)23(27(22)33-25)18-30-14-12-29(13-15-30)17-20-4-2-1-3-5-20/h1-11,16,31H,12-15,17-18H2/b25-16-. The number of piperazine rings is 1. The third kappa shape index (κ3) is 4.88. The van der Waals surface area contributed by atoms with E-state index in [0.717, 1.165) is 42.8 Å². The fraction of sp³-hybridized carbons (Fsp3) is 0.222. The summed E-state index contributed by atoms with van der Waals surface area (Å²) in [6, 6.07) is 21.4. The molecule has 1 saturated heterocycles. The Bertz CT molecular complexity index is 1180. The average Bonchev–Trinajstić information content (AvgIpc) is 3.14. The van der Waals surface area contributed by atoms with Gasteiger partial charge in [-0.15, -0.1) is 0 Å². The summed E-state index contributed by atoms with van der Waals surface area (Å²) in [5.74, 6) is 0.780. The summed E-state index contributed by atoms with van der Waals surface area (Å²) in [6.45, 7) is 5.20. The third-order valence-electron chi connectivity index (χ3n) is 6.18. The van der Waals surface area contributed by atoms with E-state index in [1.807, 2.05) is 30.3 Å². The van der Waals surface area contributed by atoms with Gasteiger partial charge in [-0.25, -0.2) is 0 Å². The van der Waals surface area contributed by atoms with Crippen LogP contribution in [-0.2, 0) is 13.1 Å². The first-order valence-electron chi connectivity index (χ1n) is 11.1. The van der Waals surface area contributed by atoms with E-state index in [1.165, 1.54) is 5.56 Å². The van der Waals surface area contributed by atoms with Crippen LogP contribution in [0.15, 0.2) is 77.0 Å². The van der Waals surface area contributed by atoms with E-state index < -0.39 is 0 Å². The number of phenols is 1. The zero-order valence-electron chi connectivity index (χ0n) is 18.2. The number of nitrogens with zero attached hydrogens (tertiary/aromatic N) is 2. The second kappa shape index (κ2) is 9.51. The van der Waals surface area contributed by atoms with Crippen molar-refractivity contribution in [1.82, 2.24) is 9.80 Å². The fourth-order valence-electron chi connectivity index (χ4n) is 4.33. The lowest BCUT2D eigenvalue weighted by Gasteiger charge is -2.35. The number of carbonyl (C=O) groups excluding carboxylic acids is 1. The van der Waals surface area contributed by atoms with Crippen LogP contribution in [0.2, 0.25) is 0 Å². The van der Waals surface area contributed by atoms with E-state index in [9.17, 15) is 9.90 Å². The monoisotopic (exact) mass is 504 g/mol. The number of Topliss-reactive ketones (excluding diaryl/α,β-unsaturated/α-hetero) is 1. The Balaban J connectivity index is 1.28. The van der Waals surface area contributed by atoms with E-state index >= 15 is 0 Å². The van der Waals surface area contributed by atoms with Crippen LogP contribution in [0.25, 0.3) is 6.08 Å². The van der Waals surface area contributed by atoms with Crippen LogP contribution in [0.4, 0.5) is 0 Å². The zero-order valence-corrected chi connectivity index (χ0v) is 19.8. The molecule has 0 aromatic heterocycles. The Morgan fingerprint density at radius 3 is 2.24 bits per heavy atom. The topological polar surface area (TPSA) is 53.0 Å². The number of halogens is 1. The molecule has 6 heteroatoms. The molecular weight excluding hydrogens is 480 g/mol. The number of phenolic OH excluding ortho intramolecular Hbond substituents is 1. The molecule has 0 saturated carbocycles. The number of benzene rings is 3. The zero-order chi connectivity index (χ0) is 22.8. The van der Waals surface area contributed by atoms with E-state index in [2.05, 4.69) is 50.0 Å². The Hall–Kier alpha value is -2.93. The van der Waals surface area contributed by atoms with Crippen LogP contribution >= 0.6 is 15.9 Å². The van der Waals surface area contributed by atoms with Gasteiger partial charge in [0.1, 0.15) is 11.5 Å². The number of rotatable bonds is 5. The minimum Gasteiger partial charge on any atom is -0.507 e. The van der Waals surface area contributed by atoms with Gasteiger partial charge in [0.25, 0.3) is 0 Å². The molecule has 0 aliphatic carbocycles. The maximum Gasteiger partial charge on any atom is 0.231 e. The highest BCUT2D eigenvalue weighted by atomic mass is 79.9. The molecule has 3 aromatic rings. The van der Waals surface area contributed by atoms with Gasteiger partial charge in [0.15, 0.2) is 5.76 Å². The molecule has 0 bridgehead atoms. The van der Waals surface area contributed by atoms with Gasteiger partial charge in [-0.2, -0.15) is 0 Å². The smallest absolute Gasteiger partial charge is 0.231 e. The third-order valence-corrected chi connectivity index (χ3v) is 6.71. The molecule has 2 aliphatic heterocycles. The average molecular weight is 505 g/mol. The molecule has 0 atom stereocenters. The molecule has 2 heterocycles. The van der Waals surface area contributed by atoms with Crippen LogP contribution in [0.5, 0.6) is 11.5 Å². The highest BCUT2D eigenvalue weighted by Gasteiger charge is 2.32. The van der Waals surface area contributed by atoms with Crippen LogP contribution in [-0.4, -0.2) is 46.9 Å². The van der Waals surface area contributed by atoms with Crippen LogP contribution in [0.3, 0.4) is 0 Å². The lowest BCUT2D eigenvalue weighted by Crippen LogP contribution is -2.45. The molecule has 3 aromatic carbocycles. The first-order chi connectivity index (χ1) is 16.1. The predicted octanol–water partition coefficient (Wildman–Crippen LogP) is 5.09. The first-order valence-corrected chi connectivity index (χ1v) is 11.9. The van der Waals surface area contributed by atoms with Crippen molar-refractivity contribution in [2.45, 2.75) is 13.1 Å². The second-order valence-electron chi connectivity index (χ2n) is 8.47. The molecule has 0 radical (unpaired) electrons. The summed E-state index contributed by atoms with van der Waals surface area (Å²) >= 11 is 3.42. The lowest BCUT2D eigenvalue weighted by molar-refractivity contribution is 0.101. The van der Waals surface area contributed by atoms with Crippen LogP contribution in [0, 0.1) is 0 Å². The largest absolute Gasteiger partial charge is 0.507 e. The van der Waals surface area contributed by atoms with Gasteiger partial charge in [0.05, 0.1) is 11.1 Å². The van der Waals surface area contributed by atoms with Gasteiger partial charge < -0.3 is 9.84 Å². The van der Waals surface area contributed by atoms with Crippen molar-refractivity contribution in [3.8, 4) is 11.5 Å². The number of hydrogen-bond donors (Lipinski definition) is 1. The molecular formula is C27H25BrN2O3. The molecule has 1 N–H and O–H groups in total. The van der Waals surface area contributed by atoms with Crippen molar-refractivity contribution < 1.29 is 14.6 Å². The molecule has 5 rings (SSSR count). The van der Waals surface area contributed by atoms with E-state index in [1.54, 1.807) is 18.2 Å². The van der Waals surface area contributed by atoms with Crippen LogP contribution in [0.1, 0.15) is 27.0 Å². The quantitative estimate of drug-likeness (QED) is 0.490.